The topological polar surface area (TPSA) is 84.4 Å². The van der Waals surface area contributed by atoms with Crippen molar-refractivity contribution in [3.8, 4) is 6.01 Å². The Morgan fingerprint density at radius 3 is 2.32 bits per heavy atom. The SMILES string of the molecule is FC(F)(F)COc1nc(NCc2cccc(CN3CCOCC3)c2)nc(Nc2cccc(C(F)(F)F)c2)n1. The monoisotopic (exact) mass is 542 g/mol. The van der Waals surface area contributed by atoms with Gasteiger partial charge in [0.15, 0.2) is 6.61 Å². The minimum Gasteiger partial charge on any atom is -0.454 e. The molecule has 8 nitrogen and oxygen atoms in total. The van der Waals surface area contributed by atoms with Crippen molar-refractivity contribution in [2.45, 2.75) is 25.4 Å². The highest BCUT2D eigenvalue weighted by molar-refractivity contribution is 5.56. The Bertz CT molecular complexity index is 1220. The quantitative estimate of drug-likeness (QED) is 0.365. The number of halogens is 6. The van der Waals surface area contributed by atoms with Crippen molar-refractivity contribution >= 4 is 17.6 Å². The third-order valence-electron chi connectivity index (χ3n) is 5.38. The molecule has 1 saturated heterocycles. The standard InChI is InChI=1S/C24H24F6N6O2/c25-23(26,27)15-38-22-34-20(33-21(35-22)32-19-6-2-5-18(12-19)24(28,29)30)31-13-16-3-1-4-17(11-16)14-36-7-9-37-10-8-36/h1-6,11-12H,7-10,13-15H2,(H2,31,32,33,34,35). The van der Waals surface area contributed by atoms with Gasteiger partial charge in [0.2, 0.25) is 11.9 Å². The third-order valence-corrected chi connectivity index (χ3v) is 5.38. The van der Waals surface area contributed by atoms with Crippen LogP contribution in [0.15, 0.2) is 48.5 Å². The molecule has 2 aromatic carbocycles. The molecule has 0 spiro atoms. The molecule has 0 saturated carbocycles. The largest absolute Gasteiger partial charge is 0.454 e. The fourth-order valence-electron chi connectivity index (χ4n) is 3.64. The lowest BCUT2D eigenvalue weighted by molar-refractivity contribution is -0.154. The van der Waals surface area contributed by atoms with E-state index in [9.17, 15) is 26.3 Å². The van der Waals surface area contributed by atoms with Gasteiger partial charge in [0, 0.05) is 31.9 Å². The van der Waals surface area contributed by atoms with Crippen LogP contribution in [0, 0.1) is 0 Å². The van der Waals surface area contributed by atoms with Gasteiger partial charge in [-0.3, -0.25) is 4.90 Å². The number of morpholine rings is 1. The zero-order valence-electron chi connectivity index (χ0n) is 19.9. The van der Waals surface area contributed by atoms with Crippen LogP contribution in [0.3, 0.4) is 0 Å². The molecule has 0 amide bonds. The molecular weight excluding hydrogens is 518 g/mol. The Morgan fingerprint density at radius 2 is 1.58 bits per heavy atom. The summed E-state index contributed by atoms with van der Waals surface area (Å²) in [6, 6.07) is 11.3. The van der Waals surface area contributed by atoms with E-state index in [1.165, 1.54) is 12.1 Å². The molecule has 1 aliphatic heterocycles. The van der Waals surface area contributed by atoms with E-state index in [1.54, 1.807) is 0 Å². The molecule has 14 heteroatoms. The fraction of sp³-hybridized carbons (Fsp3) is 0.375. The van der Waals surface area contributed by atoms with Crippen LogP contribution < -0.4 is 15.4 Å². The van der Waals surface area contributed by atoms with Crippen LogP contribution in [0.1, 0.15) is 16.7 Å². The second-order valence-electron chi connectivity index (χ2n) is 8.43. The Kier molecular flexibility index (Phi) is 8.52. The summed E-state index contributed by atoms with van der Waals surface area (Å²) in [5.41, 5.74) is 0.999. The van der Waals surface area contributed by atoms with Crippen molar-refractivity contribution in [2.75, 3.05) is 43.5 Å². The molecule has 0 atom stereocenters. The number of anilines is 3. The van der Waals surface area contributed by atoms with Crippen molar-refractivity contribution < 1.29 is 35.8 Å². The van der Waals surface area contributed by atoms with E-state index in [-0.39, 0.29) is 24.1 Å². The lowest BCUT2D eigenvalue weighted by Gasteiger charge is -2.26. The molecule has 1 fully saturated rings. The number of hydrogen-bond acceptors (Lipinski definition) is 8. The molecular formula is C24H24F6N6O2. The molecule has 0 bridgehead atoms. The van der Waals surface area contributed by atoms with E-state index in [0.29, 0.717) is 13.2 Å². The summed E-state index contributed by atoms with van der Waals surface area (Å²) in [5, 5.41) is 5.48. The number of ether oxygens (including phenoxy) is 2. The third kappa shape index (κ3) is 8.45. The van der Waals surface area contributed by atoms with E-state index in [1.807, 2.05) is 24.3 Å². The Balaban J connectivity index is 1.49. The summed E-state index contributed by atoms with van der Waals surface area (Å²) < 4.78 is 87.2. The van der Waals surface area contributed by atoms with E-state index in [0.717, 1.165) is 42.9 Å². The maximum atomic E-state index is 13.1. The number of hydrogen-bond donors (Lipinski definition) is 2. The van der Waals surface area contributed by atoms with Gasteiger partial charge in [-0.1, -0.05) is 30.3 Å². The number of rotatable bonds is 9. The second-order valence-corrected chi connectivity index (χ2v) is 8.43. The van der Waals surface area contributed by atoms with Crippen LogP contribution in [-0.2, 0) is 24.0 Å². The average molecular weight is 542 g/mol. The van der Waals surface area contributed by atoms with Gasteiger partial charge < -0.3 is 20.1 Å². The molecule has 3 aromatic rings. The zero-order valence-corrected chi connectivity index (χ0v) is 19.9. The highest BCUT2D eigenvalue weighted by atomic mass is 19.4. The summed E-state index contributed by atoms with van der Waals surface area (Å²) >= 11 is 0. The van der Waals surface area contributed by atoms with Crippen LogP contribution in [-0.4, -0.2) is 58.9 Å². The molecule has 0 unspecified atom stereocenters. The van der Waals surface area contributed by atoms with E-state index < -0.39 is 30.5 Å². The Hall–Kier alpha value is -3.65. The summed E-state index contributed by atoms with van der Waals surface area (Å²) in [4.78, 5) is 14.0. The van der Waals surface area contributed by atoms with E-state index >= 15 is 0 Å². The molecule has 204 valence electrons. The lowest BCUT2D eigenvalue weighted by Crippen LogP contribution is -2.35. The molecule has 1 aromatic heterocycles. The predicted octanol–water partition coefficient (Wildman–Crippen LogP) is 5.02. The van der Waals surface area contributed by atoms with Gasteiger partial charge in [0.25, 0.3) is 0 Å². The second kappa shape index (κ2) is 11.8. The smallest absolute Gasteiger partial charge is 0.422 e. The highest BCUT2D eigenvalue weighted by Crippen LogP contribution is 2.31. The summed E-state index contributed by atoms with van der Waals surface area (Å²) in [7, 11) is 0. The van der Waals surface area contributed by atoms with Crippen LogP contribution in [0.4, 0.5) is 43.9 Å². The normalized spacial score (nSPS) is 14.8. The molecule has 1 aliphatic rings. The van der Waals surface area contributed by atoms with E-state index in [4.69, 9.17) is 4.74 Å². The number of nitrogens with zero attached hydrogens (tertiary/aromatic N) is 4. The van der Waals surface area contributed by atoms with Crippen LogP contribution in [0.25, 0.3) is 0 Å². The van der Waals surface area contributed by atoms with Gasteiger partial charge in [-0.2, -0.15) is 41.3 Å². The van der Waals surface area contributed by atoms with Gasteiger partial charge in [-0.15, -0.1) is 0 Å². The average Bonchev–Trinajstić information content (AvgIpc) is 2.86. The predicted molar refractivity (Wildman–Crippen MR) is 126 cm³/mol. The minimum absolute atomic E-state index is 0.0189. The molecule has 2 heterocycles. The maximum Gasteiger partial charge on any atom is 0.422 e. The molecule has 0 aliphatic carbocycles. The first-order chi connectivity index (χ1) is 18.0. The van der Waals surface area contributed by atoms with E-state index in [2.05, 4.69) is 35.2 Å². The van der Waals surface area contributed by atoms with Gasteiger partial charge in [0.1, 0.15) is 0 Å². The first-order valence-electron chi connectivity index (χ1n) is 11.6. The number of nitrogens with one attached hydrogen (secondary N) is 2. The van der Waals surface area contributed by atoms with Gasteiger partial charge >= 0.3 is 18.4 Å². The summed E-state index contributed by atoms with van der Waals surface area (Å²) in [6.45, 7) is 2.33. The lowest BCUT2D eigenvalue weighted by atomic mass is 10.1. The molecule has 2 N–H and O–H groups in total. The highest BCUT2D eigenvalue weighted by Gasteiger charge is 2.31. The van der Waals surface area contributed by atoms with Crippen molar-refractivity contribution in [2.24, 2.45) is 0 Å². The van der Waals surface area contributed by atoms with Gasteiger partial charge in [-0.25, -0.2) is 0 Å². The minimum atomic E-state index is -4.64. The summed E-state index contributed by atoms with van der Waals surface area (Å²) in [5.74, 6) is -0.412. The van der Waals surface area contributed by atoms with Crippen LogP contribution in [0.5, 0.6) is 6.01 Å². The first-order valence-corrected chi connectivity index (χ1v) is 11.6. The van der Waals surface area contributed by atoms with Gasteiger partial charge in [0.05, 0.1) is 18.8 Å². The van der Waals surface area contributed by atoms with Crippen LogP contribution >= 0.6 is 0 Å². The number of alkyl halides is 6. The molecule has 4 rings (SSSR count). The Labute approximate surface area is 214 Å². The van der Waals surface area contributed by atoms with Crippen molar-refractivity contribution in [3.63, 3.8) is 0 Å². The molecule has 38 heavy (non-hydrogen) atoms. The number of benzene rings is 2. The summed E-state index contributed by atoms with van der Waals surface area (Å²) in [6.07, 6.45) is -9.23. The fourth-order valence-corrected chi connectivity index (χ4v) is 3.64. The van der Waals surface area contributed by atoms with Crippen molar-refractivity contribution in [3.05, 3.63) is 65.2 Å². The number of aromatic nitrogens is 3. The first kappa shape index (κ1) is 27.4. The van der Waals surface area contributed by atoms with Gasteiger partial charge in [-0.05, 0) is 29.3 Å². The van der Waals surface area contributed by atoms with Crippen molar-refractivity contribution in [1.29, 1.82) is 0 Å². The maximum absolute atomic E-state index is 13.1. The Morgan fingerprint density at radius 1 is 0.868 bits per heavy atom. The van der Waals surface area contributed by atoms with Crippen LogP contribution in [0.2, 0.25) is 0 Å². The van der Waals surface area contributed by atoms with Crippen molar-refractivity contribution in [1.82, 2.24) is 19.9 Å². The molecule has 0 radical (unpaired) electrons. The zero-order chi connectivity index (χ0) is 27.2.